The summed E-state index contributed by atoms with van der Waals surface area (Å²) in [6.45, 7) is -1.14. The lowest BCUT2D eigenvalue weighted by molar-refractivity contribution is -0.128. The predicted octanol–water partition coefficient (Wildman–Crippen LogP) is 3.28. The van der Waals surface area contributed by atoms with Crippen LogP contribution < -0.4 is 5.32 Å². The Morgan fingerprint density at radius 1 is 1.26 bits per heavy atom. The molecule has 0 saturated carbocycles. The van der Waals surface area contributed by atoms with Crippen molar-refractivity contribution in [3.8, 4) is 6.07 Å². The maximum absolute atomic E-state index is 12.4. The van der Waals surface area contributed by atoms with Gasteiger partial charge < -0.3 is 0 Å². The third kappa shape index (κ3) is 3.07. The van der Waals surface area contributed by atoms with Gasteiger partial charge in [-0.3, -0.25) is 5.32 Å². The lowest BCUT2D eigenvalue weighted by Gasteiger charge is -2.29. The van der Waals surface area contributed by atoms with Gasteiger partial charge in [0.1, 0.15) is 5.54 Å². The Balaban J connectivity index is 2.36. The number of benzene rings is 1. The summed E-state index contributed by atoms with van der Waals surface area (Å²) in [6, 6.07) is 9.35. The topological polar surface area (TPSA) is 35.8 Å². The van der Waals surface area contributed by atoms with E-state index >= 15 is 0 Å². The molecule has 0 heterocycles. The molecule has 1 aliphatic rings. The Labute approximate surface area is 110 Å². The fourth-order valence-electron chi connectivity index (χ4n) is 2.59. The van der Waals surface area contributed by atoms with Gasteiger partial charge in [-0.15, -0.1) is 0 Å². The number of alkyl halides is 3. The lowest BCUT2D eigenvalue weighted by atomic mass is 9.85. The van der Waals surface area contributed by atoms with Crippen LogP contribution in [0.5, 0.6) is 0 Å². The van der Waals surface area contributed by atoms with Crippen molar-refractivity contribution in [3.05, 3.63) is 35.4 Å². The molecule has 0 amide bonds. The maximum atomic E-state index is 12.4. The van der Waals surface area contributed by atoms with E-state index < -0.39 is 18.3 Å². The van der Waals surface area contributed by atoms with E-state index in [1.807, 2.05) is 12.1 Å². The minimum Gasteiger partial charge on any atom is -0.287 e. The van der Waals surface area contributed by atoms with E-state index in [-0.39, 0.29) is 0 Å². The molecule has 0 bridgehead atoms. The zero-order valence-corrected chi connectivity index (χ0v) is 10.4. The molecule has 0 aromatic heterocycles. The Bertz CT molecular complexity index is 490. The van der Waals surface area contributed by atoms with E-state index in [2.05, 4.69) is 11.4 Å². The molecule has 5 heteroatoms. The summed E-state index contributed by atoms with van der Waals surface area (Å²) < 4.78 is 37.3. The van der Waals surface area contributed by atoms with Crippen LogP contribution in [0.2, 0.25) is 0 Å². The SMILES string of the molecule is N#CC1(NCC(F)(F)F)CCCCc2ccccc21. The summed E-state index contributed by atoms with van der Waals surface area (Å²) in [5.41, 5.74) is 0.443. The van der Waals surface area contributed by atoms with Gasteiger partial charge in [-0.05, 0) is 36.8 Å². The Hall–Kier alpha value is -1.54. The Morgan fingerprint density at radius 2 is 2.00 bits per heavy atom. The van der Waals surface area contributed by atoms with Crippen LogP contribution in [0.15, 0.2) is 24.3 Å². The first-order chi connectivity index (χ1) is 8.97. The van der Waals surface area contributed by atoms with E-state index in [1.54, 1.807) is 12.1 Å². The van der Waals surface area contributed by atoms with Crippen LogP contribution >= 0.6 is 0 Å². The maximum Gasteiger partial charge on any atom is 0.401 e. The molecule has 0 spiro atoms. The van der Waals surface area contributed by atoms with Crippen molar-refractivity contribution >= 4 is 0 Å². The van der Waals surface area contributed by atoms with E-state index in [9.17, 15) is 18.4 Å². The third-order valence-electron chi connectivity index (χ3n) is 3.51. The number of nitrogens with one attached hydrogen (secondary N) is 1. The number of aryl methyl sites for hydroxylation is 1. The van der Waals surface area contributed by atoms with Gasteiger partial charge in [0.2, 0.25) is 0 Å². The van der Waals surface area contributed by atoms with Crippen molar-refractivity contribution in [2.24, 2.45) is 0 Å². The fourth-order valence-corrected chi connectivity index (χ4v) is 2.59. The highest BCUT2D eigenvalue weighted by Crippen LogP contribution is 2.34. The second kappa shape index (κ2) is 5.22. The molecule has 0 radical (unpaired) electrons. The van der Waals surface area contributed by atoms with Gasteiger partial charge in [0.15, 0.2) is 0 Å². The van der Waals surface area contributed by atoms with Gasteiger partial charge in [0.05, 0.1) is 12.6 Å². The van der Waals surface area contributed by atoms with E-state index in [0.717, 1.165) is 24.8 Å². The highest BCUT2D eigenvalue weighted by Gasteiger charge is 2.39. The number of nitrogens with zero attached hydrogens (tertiary/aromatic N) is 1. The molecular weight excluding hydrogens is 253 g/mol. The second-order valence-electron chi connectivity index (χ2n) is 4.85. The van der Waals surface area contributed by atoms with Crippen molar-refractivity contribution in [2.75, 3.05) is 6.54 Å². The Morgan fingerprint density at radius 3 is 2.68 bits per heavy atom. The molecule has 1 aromatic rings. The predicted molar refractivity (Wildman–Crippen MR) is 65.3 cm³/mol. The van der Waals surface area contributed by atoms with Gasteiger partial charge in [0.25, 0.3) is 0 Å². The Kier molecular flexibility index (Phi) is 3.81. The summed E-state index contributed by atoms with van der Waals surface area (Å²) in [5, 5.41) is 11.9. The quantitative estimate of drug-likeness (QED) is 0.835. The first-order valence-electron chi connectivity index (χ1n) is 6.28. The number of fused-ring (bicyclic) bond motifs is 1. The molecule has 1 N–H and O–H groups in total. The third-order valence-corrected chi connectivity index (χ3v) is 3.51. The van der Waals surface area contributed by atoms with Gasteiger partial charge >= 0.3 is 6.18 Å². The average molecular weight is 268 g/mol. The van der Waals surface area contributed by atoms with E-state index in [0.29, 0.717) is 12.0 Å². The summed E-state index contributed by atoms with van der Waals surface area (Å²) in [5.74, 6) is 0. The first-order valence-corrected chi connectivity index (χ1v) is 6.28. The van der Waals surface area contributed by atoms with Crippen LogP contribution in [-0.4, -0.2) is 12.7 Å². The van der Waals surface area contributed by atoms with Crippen LogP contribution in [0.25, 0.3) is 0 Å². The van der Waals surface area contributed by atoms with Gasteiger partial charge in [-0.25, -0.2) is 0 Å². The monoisotopic (exact) mass is 268 g/mol. The molecule has 2 nitrogen and oxygen atoms in total. The molecule has 2 rings (SSSR count). The molecule has 1 aliphatic carbocycles. The normalized spacial score (nSPS) is 23.3. The molecule has 0 fully saturated rings. The summed E-state index contributed by atoms with van der Waals surface area (Å²) in [7, 11) is 0. The summed E-state index contributed by atoms with van der Waals surface area (Å²) in [4.78, 5) is 0. The highest BCUT2D eigenvalue weighted by molar-refractivity contribution is 5.39. The molecule has 19 heavy (non-hydrogen) atoms. The summed E-state index contributed by atoms with van der Waals surface area (Å²) in [6.07, 6.45) is -1.45. The van der Waals surface area contributed by atoms with Crippen molar-refractivity contribution in [1.29, 1.82) is 5.26 Å². The fraction of sp³-hybridized carbons (Fsp3) is 0.500. The van der Waals surface area contributed by atoms with Gasteiger partial charge in [-0.1, -0.05) is 24.3 Å². The van der Waals surface area contributed by atoms with Crippen LogP contribution in [0, 0.1) is 11.3 Å². The number of halogens is 3. The number of rotatable bonds is 2. The lowest BCUT2D eigenvalue weighted by Crippen LogP contribution is -2.45. The standard InChI is InChI=1S/C14H15F3N2/c15-14(16,17)10-19-13(9-18)8-4-3-6-11-5-1-2-7-12(11)13/h1-2,5,7,19H,3-4,6,8,10H2. The van der Waals surface area contributed by atoms with Gasteiger partial charge in [0, 0.05) is 0 Å². The molecular formula is C14H15F3N2. The minimum atomic E-state index is -4.31. The highest BCUT2D eigenvalue weighted by atomic mass is 19.4. The van der Waals surface area contributed by atoms with Crippen molar-refractivity contribution in [3.63, 3.8) is 0 Å². The molecule has 1 unspecified atom stereocenters. The van der Waals surface area contributed by atoms with Crippen LogP contribution in [0.4, 0.5) is 13.2 Å². The molecule has 0 saturated heterocycles. The first kappa shape index (κ1) is 13.9. The van der Waals surface area contributed by atoms with Crippen molar-refractivity contribution < 1.29 is 13.2 Å². The number of hydrogen-bond acceptors (Lipinski definition) is 2. The van der Waals surface area contributed by atoms with Crippen LogP contribution in [0.1, 0.15) is 30.4 Å². The number of nitriles is 1. The van der Waals surface area contributed by atoms with E-state index in [4.69, 9.17) is 0 Å². The zero-order valence-electron chi connectivity index (χ0n) is 10.4. The van der Waals surface area contributed by atoms with Gasteiger partial charge in [-0.2, -0.15) is 18.4 Å². The molecule has 0 aliphatic heterocycles. The largest absolute Gasteiger partial charge is 0.401 e. The van der Waals surface area contributed by atoms with E-state index in [1.165, 1.54) is 0 Å². The number of hydrogen-bond donors (Lipinski definition) is 1. The average Bonchev–Trinajstić information content (AvgIpc) is 2.56. The molecule has 1 aromatic carbocycles. The molecule has 102 valence electrons. The van der Waals surface area contributed by atoms with Crippen LogP contribution in [0.3, 0.4) is 0 Å². The van der Waals surface area contributed by atoms with Crippen molar-refractivity contribution in [2.45, 2.75) is 37.4 Å². The second-order valence-corrected chi connectivity index (χ2v) is 4.85. The minimum absolute atomic E-state index is 0.413. The van der Waals surface area contributed by atoms with Crippen LogP contribution in [-0.2, 0) is 12.0 Å². The molecule has 1 atom stereocenters. The zero-order chi connectivity index (χ0) is 13.9. The smallest absolute Gasteiger partial charge is 0.287 e. The summed E-state index contributed by atoms with van der Waals surface area (Å²) >= 11 is 0. The van der Waals surface area contributed by atoms with Crippen molar-refractivity contribution in [1.82, 2.24) is 5.32 Å².